The van der Waals surface area contributed by atoms with Gasteiger partial charge in [0.25, 0.3) is 10.1 Å². The van der Waals surface area contributed by atoms with Crippen molar-refractivity contribution in [3.63, 3.8) is 0 Å². The van der Waals surface area contributed by atoms with Gasteiger partial charge in [0.15, 0.2) is 0 Å². The largest absolute Gasteiger partial charge is 0.355 e. The molecule has 9 heteroatoms. The number of H-pyrrole nitrogens is 1. The second kappa shape index (κ2) is 6.47. The summed E-state index contributed by atoms with van der Waals surface area (Å²) in [5.74, 6) is -1.56. The molecule has 0 aliphatic carbocycles. The highest BCUT2D eigenvalue weighted by atomic mass is 32.2. The molecular formula is C9H16N4O4S. The third-order valence-electron chi connectivity index (χ3n) is 2.03. The van der Waals surface area contributed by atoms with Crippen molar-refractivity contribution >= 4 is 16.0 Å². The maximum atomic E-state index is 11.7. The Morgan fingerprint density at radius 3 is 3.00 bits per heavy atom. The number of carbonyl (C=O) groups is 1. The normalized spacial score (nSPS) is 15.7. The summed E-state index contributed by atoms with van der Waals surface area (Å²) in [5.41, 5.74) is 6.22. The zero-order valence-electron chi connectivity index (χ0n) is 11.5. The summed E-state index contributed by atoms with van der Waals surface area (Å²) >= 11 is 0. The Bertz CT molecular complexity index is 546. The third-order valence-corrected chi connectivity index (χ3v) is 2.75. The first kappa shape index (κ1) is 11.6. The lowest BCUT2D eigenvalue weighted by molar-refractivity contribution is -0.122. The molecule has 18 heavy (non-hydrogen) atoms. The van der Waals surface area contributed by atoms with Crippen LogP contribution in [-0.4, -0.2) is 47.1 Å². The van der Waals surface area contributed by atoms with E-state index >= 15 is 0 Å². The predicted molar refractivity (Wildman–Crippen MR) is 64.3 cm³/mol. The van der Waals surface area contributed by atoms with Gasteiger partial charge in [-0.05, 0) is 6.42 Å². The molecule has 0 spiro atoms. The van der Waals surface area contributed by atoms with Crippen molar-refractivity contribution in [2.75, 3.05) is 12.2 Å². The molecule has 1 unspecified atom stereocenters. The van der Waals surface area contributed by atoms with Crippen LogP contribution < -0.4 is 11.1 Å². The van der Waals surface area contributed by atoms with Gasteiger partial charge in [0, 0.05) is 27.5 Å². The highest BCUT2D eigenvalue weighted by Gasteiger charge is 2.14. The van der Waals surface area contributed by atoms with Crippen molar-refractivity contribution in [2.24, 2.45) is 5.73 Å². The van der Waals surface area contributed by atoms with Crippen molar-refractivity contribution < 1.29 is 20.5 Å². The highest BCUT2D eigenvalue weighted by Crippen LogP contribution is 1.96. The zero-order valence-corrected chi connectivity index (χ0v) is 10.3. The molecule has 0 saturated carbocycles. The lowest BCUT2D eigenvalue weighted by Gasteiger charge is -2.10. The molecule has 0 aliphatic rings. The number of nitrogens with two attached hydrogens (primary N) is 1. The number of nitrogens with one attached hydrogen (secondary N) is 2. The smallest absolute Gasteiger partial charge is 0.264 e. The number of imidazole rings is 1. The first-order chi connectivity index (χ1) is 9.09. The molecule has 102 valence electrons. The predicted octanol–water partition coefficient (Wildman–Crippen LogP) is -1.33. The van der Waals surface area contributed by atoms with Crippen molar-refractivity contribution in [3.05, 3.63) is 18.2 Å². The van der Waals surface area contributed by atoms with E-state index in [-0.39, 0.29) is 6.42 Å². The summed E-state index contributed by atoms with van der Waals surface area (Å²) in [6.45, 7) is -2.28. The number of aromatic nitrogens is 2. The Balaban J connectivity index is 2.51. The molecular weight excluding hydrogens is 260 g/mol. The molecule has 1 aromatic rings. The monoisotopic (exact) mass is 278 g/mol. The van der Waals surface area contributed by atoms with Crippen molar-refractivity contribution in [2.45, 2.75) is 18.9 Å². The molecule has 1 amide bonds. The van der Waals surface area contributed by atoms with Crippen LogP contribution in [0.2, 0.25) is 0 Å². The maximum Gasteiger partial charge on any atom is 0.264 e. The number of hydrogen-bond donors (Lipinski definition) is 4. The summed E-state index contributed by atoms with van der Waals surface area (Å²) in [5, 5.41) is 2.00. The van der Waals surface area contributed by atoms with Gasteiger partial charge in [0.1, 0.15) is 0 Å². The van der Waals surface area contributed by atoms with Gasteiger partial charge in [-0.1, -0.05) is 0 Å². The van der Waals surface area contributed by atoms with E-state index in [0.717, 1.165) is 0 Å². The fourth-order valence-electron chi connectivity index (χ4n) is 1.15. The number of aromatic amines is 1. The molecule has 5 N–H and O–H groups in total. The fourth-order valence-corrected chi connectivity index (χ4v) is 1.51. The van der Waals surface area contributed by atoms with Gasteiger partial charge >= 0.3 is 0 Å². The topological polar surface area (TPSA) is 138 Å². The quantitative estimate of drug-likeness (QED) is 0.456. The molecule has 0 saturated heterocycles. The molecule has 0 aliphatic heterocycles. The number of nitrogens with zero attached hydrogens (tertiary/aromatic N) is 1. The van der Waals surface area contributed by atoms with E-state index in [4.69, 9.17) is 13.0 Å². The van der Waals surface area contributed by atoms with Crippen LogP contribution in [0.25, 0.3) is 0 Å². The molecule has 0 bridgehead atoms. The van der Waals surface area contributed by atoms with Crippen LogP contribution in [0.1, 0.15) is 14.9 Å². The van der Waals surface area contributed by atoms with Crippen LogP contribution in [0.5, 0.6) is 0 Å². The maximum absolute atomic E-state index is 11.7. The van der Waals surface area contributed by atoms with Crippen LogP contribution in [0.4, 0.5) is 0 Å². The van der Waals surface area contributed by atoms with Crippen LogP contribution in [0.15, 0.2) is 12.5 Å². The summed E-state index contributed by atoms with van der Waals surface area (Å²) in [7, 11) is -4.29. The van der Waals surface area contributed by atoms with E-state index in [1.165, 1.54) is 12.5 Å². The summed E-state index contributed by atoms with van der Waals surface area (Å²) in [6, 6.07) is -1.00. The Morgan fingerprint density at radius 1 is 1.72 bits per heavy atom. The minimum Gasteiger partial charge on any atom is -0.355 e. The van der Waals surface area contributed by atoms with E-state index in [0.29, 0.717) is 5.69 Å². The van der Waals surface area contributed by atoms with Gasteiger partial charge in [-0.25, -0.2) is 4.98 Å². The zero-order chi connectivity index (χ0) is 15.4. The Labute approximate surface area is 108 Å². The van der Waals surface area contributed by atoms with E-state index in [2.05, 4.69) is 9.97 Å². The van der Waals surface area contributed by atoms with Crippen molar-refractivity contribution in [1.82, 2.24) is 15.3 Å². The minimum absolute atomic E-state index is 0.139. The Morgan fingerprint density at radius 2 is 2.44 bits per heavy atom. The van der Waals surface area contributed by atoms with E-state index < -0.39 is 40.7 Å². The average Bonchev–Trinajstić information content (AvgIpc) is 2.78. The molecule has 8 nitrogen and oxygen atoms in total. The number of amides is 1. The van der Waals surface area contributed by atoms with E-state index in [1.807, 2.05) is 5.32 Å². The van der Waals surface area contributed by atoms with Gasteiger partial charge < -0.3 is 16.0 Å². The second-order valence-corrected chi connectivity index (χ2v) is 5.16. The van der Waals surface area contributed by atoms with Crippen molar-refractivity contribution in [3.8, 4) is 0 Å². The number of rotatable bonds is 7. The van der Waals surface area contributed by atoms with Crippen LogP contribution in [0.3, 0.4) is 0 Å². The lowest BCUT2D eigenvalue weighted by Crippen LogP contribution is -2.42. The van der Waals surface area contributed by atoms with Crippen LogP contribution in [-0.2, 0) is 21.3 Å². The fraction of sp³-hybridized carbons (Fsp3) is 0.556. The summed E-state index contributed by atoms with van der Waals surface area (Å²) < 4.78 is 44.6. The molecule has 0 fully saturated rings. The molecule has 1 rings (SSSR count). The van der Waals surface area contributed by atoms with E-state index in [9.17, 15) is 13.2 Å². The second-order valence-electron chi connectivity index (χ2n) is 3.59. The average molecular weight is 278 g/mol. The molecule has 0 radical (unpaired) electrons. The van der Waals surface area contributed by atoms with Gasteiger partial charge in [-0.15, -0.1) is 0 Å². The first-order valence-corrected chi connectivity index (χ1v) is 6.70. The number of carbonyl (C=O) groups excluding carboxylic acids is 1. The van der Waals surface area contributed by atoms with Gasteiger partial charge in [-0.3, -0.25) is 9.35 Å². The number of hydrogen-bond acceptors (Lipinski definition) is 5. The van der Waals surface area contributed by atoms with Gasteiger partial charge in [0.2, 0.25) is 5.91 Å². The summed E-state index contributed by atoms with van der Waals surface area (Å²) in [6.07, 6.45) is 2.47. The Hall–Kier alpha value is -1.45. The van der Waals surface area contributed by atoms with E-state index in [1.54, 1.807) is 0 Å². The summed E-state index contributed by atoms with van der Waals surface area (Å²) in [4.78, 5) is 18.2. The molecule has 1 heterocycles. The standard InChI is InChI=1S/C9H16N4O4S/c10-8(4-7-5-11-6-13-7)9(14)12-2-1-3-18(15,16)17/h5-6,8H,1-4,10H2,(H,11,13)(H,12,14)(H,15,16,17)/i2D2. The SMILES string of the molecule is [2H]C([2H])(CCS(=O)(=O)O)NC(=O)C(N)Cc1cnc[nH]1. The highest BCUT2D eigenvalue weighted by molar-refractivity contribution is 7.85. The minimum atomic E-state index is -4.29. The Kier molecular flexibility index (Phi) is 4.18. The van der Waals surface area contributed by atoms with Gasteiger partial charge in [-0.2, -0.15) is 8.42 Å². The molecule has 1 atom stereocenters. The lowest BCUT2D eigenvalue weighted by atomic mass is 10.1. The molecule has 1 aromatic heterocycles. The van der Waals surface area contributed by atoms with Gasteiger partial charge in [0.05, 0.1) is 18.1 Å². The van der Waals surface area contributed by atoms with Crippen LogP contribution >= 0.6 is 0 Å². The third kappa shape index (κ3) is 5.75. The molecule has 0 aromatic carbocycles. The van der Waals surface area contributed by atoms with Crippen LogP contribution in [0, 0.1) is 0 Å². The van der Waals surface area contributed by atoms with Crippen molar-refractivity contribution in [1.29, 1.82) is 0 Å². The first-order valence-electron chi connectivity index (χ1n) is 6.09.